The molecule has 21 heavy (non-hydrogen) atoms. The highest BCUT2D eigenvalue weighted by atomic mass is 16.5. The topological polar surface area (TPSA) is 59.0 Å². The summed E-state index contributed by atoms with van der Waals surface area (Å²) in [6, 6.07) is 9.56. The van der Waals surface area contributed by atoms with Gasteiger partial charge in [0.05, 0.1) is 13.0 Å². The van der Waals surface area contributed by atoms with Crippen LogP contribution in [0.3, 0.4) is 0 Å². The Hall–Kier alpha value is -2.17. The first-order valence-electron chi connectivity index (χ1n) is 7.27. The van der Waals surface area contributed by atoms with Gasteiger partial charge in [0.15, 0.2) is 0 Å². The third-order valence-corrected chi connectivity index (χ3v) is 3.94. The molecule has 0 N–H and O–H groups in total. The fourth-order valence-corrected chi connectivity index (χ4v) is 2.93. The summed E-state index contributed by atoms with van der Waals surface area (Å²) in [5.74, 6) is 0.679. The molecule has 1 aromatic carbocycles. The molecule has 2 aliphatic heterocycles. The zero-order valence-electron chi connectivity index (χ0n) is 12.0. The first-order chi connectivity index (χ1) is 10.2. The van der Waals surface area contributed by atoms with Crippen LogP contribution >= 0.6 is 0 Å². The highest BCUT2D eigenvalue weighted by molar-refractivity contribution is 6.08. The molecule has 1 amide bonds. The number of benzene rings is 1. The van der Waals surface area contributed by atoms with Crippen molar-refractivity contribution in [2.45, 2.75) is 31.7 Å². The van der Waals surface area contributed by atoms with E-state index in [0.29, 0.717) is 19.1 Å². The van der Waals surface area contributed by atoms with Crippen LogP contribution in [0, 0.1) is 0 Å². The molecule has 0 aliphatic carbocycles. The van der Waals surface area contributed by atoms with Crippen molar-refractivity contribution in [2.75, 3.05) is 13.2 Å². The Kier molecular flexibility index (Phi) is 3.73. The van der Waals surface area contributed by atoms with Gasteiger partial charge in [0.25, 0.3) is 5.91 Å². The van der Waals surface area contributed by atoms with Crippen LogP contribution in [-0.2, 0) is 14.3 Å². The van der Waals surface area contributed by atoms with Crippen molar-refractivity contribution in [3.63, 3.8) is 0 Å². The molecule has 2 heterocycles. The molecule has 2 aliphatic rings. The summed E-state index contributed by atoms with van der Waals surface area (Å²) >= 11 is 0. The maximum absolute atomic E-state index is 12.3. The number of fused-ring (bicyclic) bond motifs is 1. The Morgan fingerprint density at radius 3 is 2.81 bits per heavy atom. The molecule has 110 valence electrons. The zero-order valence-corrected chi connectivity index (χ0v) is 12.0. The summed E-state index contributed by atoms with van der Waals surface area (Å²) in [7, 11) is 0. The van der Waals surface area contributed by atoms with Gasteiger partial charge in [0, 0.05) is 18.9 Å². The molecule has 0 saturated carbocycles. The van der Waals surface area contributed by atoms with Crippen LogP contribution in [-0.4, -0.2) is 41.8 Å². The van der Waals surface area contributed by atoms with Gasteiger partial charge in [-0.25, -0.2) is 0 Å². The third kappa shape index (κ3) is 2.68. The second kappa shape index (κ2) is 5.68. The second-order valence-corrected chi connectivity index (χ2v) is 5.33. The number of carbonyl (C=O) groups excluding carboxylic acids is 2. The van der Waals surface area contributed by atoms with Gasteiger partial charge in [0.1, 0.15) is 11.9 Å². The molecule has 1 saturated heterocycles. The lowest BCUT2D eigenvalue weighted by atomic mass is 9.98. The Bertz CT molecular complexity index is 582. The number of amides is 1. The van der Waals surface area contributed by atoms with Gasteiger partial charge in [-0.2, -0.15) is 0 Å². The average Bonchev–Trinajstić information content (AvgIpc) is 3.01. The van der Waals surface area contributed by atoms with E-state index in [-0.39, 0.29) is 18.3 Å². The van der Waals surface area contributed by atoms with Crippen molar-refractivity contribution in [3.8, 4) is 0 Å². The van der Waals surface area contributed by atoms with Crippen molar-refractivity contribution in [3.05, 3.63) is 35.9 Å². The van der Waals surface area contributed by atoms with Crippen molar-refractivity contribution in [1.82, 2.24) is 4.90 Å². The maximum atomic E-state index is 12.3. The SMILES string of the molecule is CCOC(=O)CC1N=C2CC(c3ccccc3)CN2C1=O. The van der Waals surface area contributed by atoms with Crippen LogP contribution in [0.25, 0.3) is 0 Å². The highest BCUT2D eigenvalue weighted by Gasteiger charge is 2.42. The summed E-state index contributed by atoms with van der Waals surface area (Å²) in [6.07, 6.45) is 0.803. The van der Waals surface area contributed by atoms with E-state index in [0.717, 1.165) is 12.3 Å². The third-order valence-electron chi connectivity index (χ3n) is 3.94. The lowest BCUT2D eigenvalue weighted by Crippen LogP contribution is -2.33. The average molecular weight is 286 g/mol. The molecule has 1 aromatic rings. The van der Waals surface area contributed by atoms with Crippen LogP contribution in [0.1, 0.15) is 31.2 Å². The highest BCUT2D eigenvalue weighted by Crippen LogP contribution is 2.33. The molecule has 0 aromatic heterocycles. The molecule has 1 fully saturated rings. The van der Waals surface area contributed by atoms with Crippen molar-refractivity contribution in [2.24, 2.45) is 4.99 Å². The van der Waals surface area contributed by atoms with E-state index < -0.39 is 6.04 Å². The zero-order chi connectivity index (χ0) is 14.8. The van der Waals surface area contributed by atoms with Crippen LogP contribution in [0.4, 0.5) is 0 Å². The fraction of sp³-hybridized carbons (Fsp3) is 0.438. The van der Waals surface area contributed by atoms with Gasteiger partial charge in [-0.1, -0.05) is 30.3 Å². The molecule has 0 bridgehead atoms. The number of amidine groups is 1. The van der Waals surface area contributed by atoms with Crippen LogP contribution < -0.4 is 0 Å². The minimum atomic E-state index is -0.587. The molecule has 2 unspecified atom stereocenters. The minimum absolute atomic E-state index is 0.0443. The van der Waals surface area contributed by atoms with Gasteiger partial charge < -0.3 is 4.74 Å². The number of rotatable bonds is 4. The molecule has 5 nitrogen and oxygen atoms in total. The van der Waals surface area contributed by atoms with Crippen molar-refractivity contribution in [1.29, 1.82) is 0 Å². The number of esters is 1. The number of carbonyl (C=O) groups is 2. The van der Waals surface area contributed by atoms with E-state index in [1.165, 1.54) is 5.56 Å². The first kappa shape index (κ1) is 13.8. The molecule has 0 spiro atoms. The Morgan fingerprint density at radius 1 is 1.38 bits per heavy atom. The number of hydrogen-bond acceptors (Lipinski definition) is 4. The van der Waals surface area contributed by atoms with Crippen molar-refractivity contribution < 1.29 is 14.3 Å². The summed E-state index contributed by atoms with van der Waals surface area (Å²) in [5.41, 5.74) is 1.23. The summed E-state index contributed by atoms with van der Waals surface area (Å²) in [6.45, 7) is 2.74. The Morgan fingerprint density at radius 2 is 2.14 bits per heavy atom. The van der Waals surface area contributed by atoms with E-state index in [2.05, 4.69) is 17.1 Å². The van der Waals surface area contributed by atoms with Gasteiger partial charge >= 0.3 is 5.97 Å². The van der Waals surface area contributed by atoms with Crippen LogP contribution in [0.15, 0.2) is 35.3 Å². The molecule has 5 heteroatoms. The fourth-order valence-electron chi connectivity index (χ4n) is 2.93. The Balaban J connectivity index is 1.69. The summed E-state index contributed by atoms with van der Waals surface area (Å²) < 4.78 is 4.89. The predicted molar refractivity (Wildman–Crippen MR) is 78.0 cm³/mol. The minimum Gasteiger partial charge on any atom is -0.466 e. The quantitative estimate of drug-likeness (QED) is 0.792. The van der Waals surface area contributed by atoms with E-state index in [1.54, 1.807) is 11.8 Å². The second-order valence-electron chi connectivity index (χ2n) is 5.33. The van der Waals surface area contributed by atoms with Gasteiger partial charge in [-0.15, -0.1) is 0 Å². The summed E-state index contributed by atoms with van der Waals surface area (Å²) in [5, 5.41) is 0. The van der Waals surface area contributed by atoms with Crippen LogP contribution in [0.5, 0.6) is 0 Å². The number of ether oxygens (including phenoxy) is 1. The van der Waals surface area contributed by atoms with Gasteiger partial charge in [-0.05, 0) is 12.5 Å². The lowest BCUT2D eigenvalue weighted by Gasteiger charge is -2.14. The van der Waals surface area contributed by atoms with E-state index in [9.17, 15) is 9.59 Å². The van der Waals surface area contributed by atoms with Gasteiger partial charge in [-0.3, -0.25) is 19.5 Å². The standard InChI is InChI=1S/C16H18N2O3/c1-2-21-15(19)9-13-16(20)18-10-12(8-14(18)17-13)11-6-4-3-5-7-11/h3-7,12-13H,2,8-10H2,1H3. The van der Waals surface area contributed by atoms with Crippen molar-refractivity contribution >= 4 is 17.7 Å². The Labute approximate surface area is 123 Å². The smallest absolute Gasteiger partial charge is 0.308 e. The van der Waals surface area contributed by atoms with Gasteiger partial charge in [0.2, 0.25) is 0 Å². The van der Waals surface area contributed by atoms with E-state index >= 15 is 0 Å². The monoisotopic (exact) mass is 286 g/mol. The van der Waals surface area contributed by atoms with E-state index in [4.69, 9.17) is 4.74 Å². The first-order valence-corrected chi connectivity index (χ1v) is 7.27. The summed E-state index contributed by atoms with van der Waals surface area (Å²) in [4.78, 5) is 29.9. The number of aliphatic imine (C=N–C) groups is 1. The van der Waals surface area contributed by atoms with E-state index in [1.807, 2.05) is 18.2 Å². The molecule has 2 atom stereocenters. The molecule has 3 rings (SSSR count). The molecule has 0 radical (unpaired) electrons. The number of nitrogens with zero attached hydrogens (tertiary/aromatic N) is 2. The van der Waals surface area contributed by atoms with Crippen LogP contribution in [0.2, 0.25) is 0 Å². The molecular formula is C16H18N2O3. The maximum Gasteiger partial charge on any atom is 0.308 e. The largest absolute Gasteiger partial charge is 0.466 e. The normalized spacial score (nSPS) is 24.0. The molecular weight excluding hydrogens is 268 g/mol. The predicted octanol–water partition coefficient (Wildman–Crippen LogP) is 1.74. The lowest BCUT2D eigenvalue weighted by molar-refractivity contribution is -0.145. The number of hydrogen-bond donors (Lipinski definition) is 0.